The van der Waals surface area contributed by atoms with Crippen molar-refractivity contribution in [1.82, 2.24) is 0 Å². The summed E-state index contributed by atoms with van der Waals surface area (Å²) in [7, 11) is -10.3. The van der Waals surface area contributed by atoms with Crippen LogP contribution >= 0.6 is 7.82 Å². The molecule has 0 spiro atoms. The third-order valence-corrected chi connectivity index (χ3v) is 0. The average molecular weight is 421 g/mol. The predicted octanol–water partition coefficient (Wildman–Crippen LogP) is -15.7. The Bertz CT molecular complexity index is 204. The van der Waals surface area contributed by atoms with Crippen molar-refractivity contribution in [3.63, 3.8) is 0 Å². The van der Waals surface area contributed by atoms with Crippen molar-refractivity contribution in [2.24, 2.45) is 0 Å². The molecule has 15 nitrogen and oxygen atoms in total. The molecule has 0 aliphatic carbocycles. The van der Waals surface area contributed by atoms with Crippen LogP contribution < -0.4 is 113 Å². The van der Waals surface area contributed by atoms with Gasteiger partial charge in [-0.25, -0.2) is 0 Å². The van der Waals surface area contributed by atoms with Crippen LogP contribution in [0.4, 0.5) is 0 Å². The van der Waals surface area contributed by atoms with E-state index in [1.807, 2.05) is 0 Å². The third kappa shape index (κ3) is 669. The van der Waals surface area contributed by atoms with Gasteiger partial charge in [0.05, 0.1) is 7.82 Å². The van der Waals surface area contributed by atoms with E-state index < -0.39 is 18.2 Å². The van der Waals surface area contributed by atoms with E-state index in [2.05, 4.69) is 0 Å². The van der Waals surface area contributed by atoms with E-state index >= 15 is 0 Å². The minimum Gasteiger partial charge on any atom is -0.790 e. The minimum absolute atomic E-state index is 0. The average Bonchev–Trinajstić information content (AvgIpc) is 1.12. The van der Waals surface area contributed by atoms with Gasteiger partial charge in [0, 0.05) is 10.4 Å². The first-order valence-electron chi connectivity index (χ1n) is 1.41. The molecule has 20 heavy (non-hydrogen) atoms. The van der Waals surface area contributed by atoms with Crippen molar-refractivity contribution in [1.29, 1.82) is 0 Å². The first kappa shape index (κ1) is 89.1. The molecule has 0 atom stereocenters. The van der Waals surface area contributed by atoms with Crippen molar-refractivity contribution < 1.29 is 178 Å². The molecule has 0 aromatic carbocycles. The van der Waals surface area contributed by atoms with E-state index in [0.717, 1.165) is 0 Å². The first-order chi connectivity index (χ1) is 4.00. The molecule has 0 saturated carbocycles. The molecule has 20 heteroatoms. The van der Waals surface area contributed by atoms with Crippen LogP contribution in [0.3, 0.4) is 0 Å². The van der Waals surface area contributed by atoms with Crippen molar-refractivity contribution in [3.8, 4) is 0 Å². The van der Waals surface area contributed by atoms with Gasteiger partial charge in [0.25, 0.3) is 0 Å². The molecule has 0 aromatic rings. The molecule has 0 fully saturated rings. The zero-order chi connectivity index (χ0) is 9.00. The number of phosphoric acid groups is 1. The van der Waals surface area contributed by atoms with Crippen LogP contribution in [0.5, 0.6) is 0 Å². The van der Waals surface area contributed by atoms with Crippen LogP contribution in [0.2, 0.25) is 0 Å². The SMILES string of the molecule is O.O.O.O.O.O.O.O=P([O-])([O-])O.O=S(=O)([O-])[O-].[K+].[K+].[Mg+2]. The maximum absolute atomic E-state index is 8.66. The molecule has 0 unspecified atom stereocenters. The third-order valence-electron chi connectivity index (χ3n) is 0. The zero-order valence-corrected chi connectivity index (χ0v) is 19.7. The van der Waals surface area contributed by atoms with Gasteiger partial charge in [-0.3, -0.25) is 8.42 Å². The van der Waals surface area contributed by atoms with Gasteiger partial charge in [-0.2, -0.15) is 0 Å². The summed E-state index contributed by atoms with van der Waals surface area (Å²) in [5, 5.41) is 0. The van der Waals surface area contributed by atoms with Gasteiger partial charge in [0.1, 0.15) is 0 Å². The fourth-order valence-corrected chi connectivity index (χ4v) is 0. The molecule has 0 saturated heterocycles. The topological polar surface area (TPSA) is 384 Å². The smallest absolute Gasteiger partial charge is 0.790 e. The van der Waals surface area contributed by atoms with E-state index in [1.165, 1.54) is 0 Å². The Morgan fingerprint density at radius 2 is 0.750 bits per heavy atom. The quantitative estimate of drug-likeness (QED) is 0.169. The fraction of sp³-hybridized carbons (Fsp3) is 0. The Kier molecular flexibility index (Phi) is 193. The van der Waals surface area contributed by atoms with E-state index in [0.29, 0.717) is 0 Å². The zero-order valence-electron chi connectivity index (χ0n) is 10.4. The van der Waals surface area contributed by atoms with Crippen molar-refractivity contribution in [2.75, 3.05) is 0 Å². The summed E-state index contributed by atoms with van der Waals surface area (Å²) in [6.07, 6.45) is 0. The summed E-state index contributed by atoms with van der Waals surface area (Å²) in [6.45, 7) is 0. The largest absolute Gasteiger partial charge is 2.00 e. The van der Waals surface area contributed by atoms with Gasteiger partial charge in [-0.15, -0.1) is 0 Å². The summed E-state index contributed by atoms with van der Waals surface area (Å²) in [5.41, 5.74) is 0. The maximum Gasteiger partial charge on any atom is 2.00 e. The summed E-state index contributed by atoms with van der Waals surface area (Å²) in [5.74, 6) is 0. The second-order valence-electron chi connectivity index (χ2n) is 0.877. The predicted molar refractivity (Wildman–Crippen MR) is 51.4 cm³/mol. The molecule has 0 amide bonds. The Morgan fingerprint density at radius 1 is 0.750 bits per heavy atom. The van der Waals surface area contributed by atoms with Crippen LogP contribution in [0.25, 0.3) is 0 Å². The van der Waals surface area contributed by atoms with Crippen LogP contribution in [-0.4, -0.2) is 83.8 Å². The van der Waals surface area contributed by atoms with Gasteiger partial charge in [0.2, 0.25) is 0 Å². The van der Waals surface area contributed by atoms with E-state index in [9.17, 15) is 0 Å². The molecule has 120 valence electrons. The standard InChI is InChI=1S/2K.Mg.H3O4P.H2O4S.7H2O/c;;;2*1-5(2,3)4;;;;;;;/h;;;(H3,1,2,3,4);(H2,1,2,3,4);7*1H2/q2*+1;+2;;;;;;;;;/p-4. The number of rotatable bonds is 0. The molecule has 0 aliphatic rings. The van der Waals surface area contributed by atoms with Crippen molar-refractivity contribution >= 4 is 41.3 Å². The Morgan fingerprint density at radius 3 is 0.750 bits per heavy atom. The summed E-state index contributed by atoms with van der Waals surface area (Å²) in [4.78, 5) is 24.3. The summed E-state index contributed by atoms with van der Waals surface area (Å²) < 4.78 is 42.7. The van der Waals surface area contributed by atoms with Crippen molar-refractivity contribution in [2.45, 2.75) is 0 Å². The minimum atomic E-state index is -5.17. The first-order valence-corrected chi connectivity index (χ1v) is 4.24. The van der Waals surface area contributed by atoms with Gasteiger partial charge in [-0.1, -0.05) is 0 Å². The molecular formula is H15K2MgO15PS. The number of hydrogen-bond acceptors (Lipinski definition) is 7. The molecule has 15 N–H and O–H groups in total. The second kappa shape index (κ2) is 43.4. The van der Waals surface area contributed by atoms with Crippen LogP contribution in [-0.2, 0) is 15.0 Å². The molecule has 0 radical (unpaired) electrons. The van der Waals surface area contributed by atoms with E-state index in [1.54, 1.807) is 0 Å². The molecule has 0 heterocycles. The van der Waals surface area contributed by atoms with Gasteiger partial charge >= 0.3 is 126 Å². The normalized spacial score (nSPS) is 5.85. The summed E-state index contributed by atoms with van der Waals surface area (Å²) >= 11 is 0. The van der Waals surface area contributed by atoms with Gasteiger partial charge < -0.3 is 66.7 Å². The molecule has 0 bridgehead atoms. The fourth-order valence-electron chi connectivity index (χ4n) is 0. The Balaban J connectivity index is -0.00000000427. The molecular weight excluding hydrogens is 406 g/mol. The maximum atomic E-state index is 8.66. The van der Waals surface area contributed by atoms with E-state index in [-0.39, 0.29) is 164 Å². The van der Waals surface area contributed by atoms with Crippen LogP contribution in [0, 0.1) is 0 Å². The van der Waals surface area contributed by atoms with Crippen molar-refractivity contribution in [3.05, 3.63) is 0 Å². The van der Waals surface area contributed by atoms with E-state index in [4.69, 9.17) is 36.8 Å². The second-order valence-corrected chi connectivity index (χ2v) is 2.63. The van der Waals surface area contributed by atoms with Crippen LogP contribution in [0.15, 0.2) is 0 Å². The Labute approximate surface area is 214 Å². The monoisotopic (exact) mass is 420 g/mol. The molecule has 0 rings (SSSR count). The Hall–Kier alpha value is 3.74. The number of hydrogen-bond donors (Lipinski definition) is 1. The van der Waals surface area contributed by atoms with Gasteiger partial charge in [-0.05, 0) is 0 Å². The molecule has 0 aliphatic heterocycles. The van der Waals surface area contributed by atoms with Crippen LogP contribution in [0.1, 0.15) is 0 Å². The summed E-state index contributed by atoms with van der Waals surface area (Å²) in [6, 6.07) is 0. The van der Waals surface area contributed by atoms with Gasteiger partial charge in [0.15, 0.2) is 0 Å². The molecule has 0 aromatic heterocycles.